The van der Waals surface area contributed by atoms with Gasteiger partial charge in [-0.2, -0.15) is 11.8 Å². The van der Waals surface area contributed by atoms with E-state index in [1.165, 1.54) is 5.56 Å². The highest BCUT2D eigenvalue weighted by Gasteiger charge is 2.04. The number of carbonyl (C=O) groups is 1. The summed E-state index contributed by atoms with van der Waals surface area (Å²) in [5.74, 6) is 2.01. The number of hydrogen-bond acceptors (Lipinski definition) is 3. The topological polar surface area (TPSA) is 55.1 Å². The maximum Gasteiger partial charge on any atom is 0.230 e. The molecule has 3 nitrogen and oxygen atoms in total. The normalized spacial score (nSPS) is 12.2. The Hall–Kier alpha value is -1.00. The number of aryl methyl sites for hydroxylation is 1. The van der Waals surface area contributed by atoms with Gasteiger partial charge in [-0.05, 0) is 30.7 Å². The van der Waals surface area contributed by atoms with E-state index in [1.54, 1.807) is 11.8 Å². The minimum Gasteiger partial charge on any atom is -0.351 e. The van der Waals surface area contributed by atoms with Crippen LogP contribution in [0.1, 0.15) is 18.1 Å². The third kappa shape index (κ3) is 6.07. The lowest BCUT2D eigenvalue weighted by atomic mass is 10.1. The van der Waals surface area contributed by atoms with Gasteiger partial charge in [0.1, 0.15) is 0 Å². The molecule has 0 aliphatic rings. The van der Waals surface area contributed by atoms with E-state index in [4.69, 9.17) is 5.73 Å². The molecule has 0 saturated heterocycles. The molecule has 1 unspecified atom stereocenters. The number of hydrogen-bond donors (Lipinski definition) is 2. The van der Waals surface area contributed by atoms with Crippen LogP contribution in [-0.4, -0.2) is 24.0 Å². The SMILES string of the molecule is Cc1ccc(CNC(=O)CSCC(C)CN)cc1. The Kier molecular flexibility index (Phi) is 6.83. The first-order chi connectivity index (χ1) is 8.61. The van der Waals surface area contributed by atoms with Crippen molar-refractivity contribution in [1.82, 2.24) is 5.32 Å². The average molecular weight is 266 g/mol. The Balaban J connectivity index is 2.19. The maximum absolute atomic E-state index is 11.6. The summed E-state index contributed by atoms with van der Waals surface area (Å²) >= 11 is 1.64. The molecular formula is C14H22N2OS. The van der Waals surface area contributed by atoms with Crippen molar-refractivity contribution < 1.29 is 4.79 Å². The maximum atomic E-state index is 11.6. The molecule has 0 fully saturated rings. The van der Waals surface area contributed by atoms with Crippen molar-refractivity contribution in [3.63, 3.8) is 0 Å². The van der Waals surface area contributed by atoms with Crippen LogP contribution in [0.3, 0.4) is 0 Å². The van der Waals surface area contributed by atoms with Crippen LogP contribution in [0.15, 0.2) is 24.3 Å². The average Bonchev–Trinajstić information content (AvgIpc) is 2.38. The van der Waals surface area contributed by atoms with Crippen molar-refractivity contribution in [1.29, 1.82) is 0 Å². The van der Waals surface area contributed by atoms with Gasteiger partial charge in [0.05, 0.1) is 5.75 Å². The first-order valence-corrected chi connectivity index (χ1v) is 7.37. The fourth-order valence-electron chi connectivity index (χ4n) is 1.38. The molecule has 0 bridgehead atoms. The lowest BCUT2D eigenvalue weighted by Crippen LogP contribution is -2.25. The summed E-state index contributed by atoms with van der Waals surface area (Å²) in [7, 11) is 0. The zero-order chi connectivity index (χ0) is 13.4. The van der Waals surface area contributed by atoms with E-state index in [0.29, 0.717) is 24.8 Å². The number of thioether (sulfide) groups is 1. The quantitative estimate of drug-likeness (QED) is 0.793. The van der Waals surface area contributed by atoms with E-state index < -0.39 is 0 Å². The zero-order valence-electron chi connectivity index (χ0n) is 11.1. The summed E-state index contributed by atoms with van der Waals surface area (Å²) in [6.45, 7) is 5.43. The minimum absolute atomic E-state index is 0.0878. The van der Waals surface area contributed by atoms with Crippen LogP contribution < -0.4 is 11.1 Å². The molecule has 1 atom stereocenters. The summed E-state index contributed by atoms with van der Waals surface area (Å²) in [5, 5.41) is 2.92. The van der Waals surface area contributed by atoms with Crippen molar-refractivity contribution >= 4 is 17.7 Å². The Bertz CT molecular complexity index is 365. The van der Waals surface area contributed by atoms with Gasteiger partial charge in [0.2, 0.25) is 5.91 Å². The van der Waals surface area contributed by atoms with E-state index in [1.807, 2.05) is 12.1 Å². The predicted octanol–water partition coefficient (Wildman–Crippen LogP) is 1.94. The minimum atomic E-state index is 0.0878. The molecule has 1 rings (SSSR count). The third-order valence-corrected chi connectivity index (χ3v) is 3.92. The smallest absolute Gasteiger partial charge is 0.230 e. The first kappa shape index (κ1) is 15.1. The number of nitrogens with two attached hydrogens (primary N) is 1. The lowest BCUT2D eigenvalue weighted by Gasteiger charge is -2.08. The second kappa shape index (κ2) is 8.16. The largest absolute Gasteiger partial charge is 0.351 e. The molecule has 18 heavy (non-hydrogen) atoms. The monoisotopic (exact) mass is 266 g/mol. The van der Waals surface area contributed by atoms with Crippen LogP contribution in [0.4, 0.5) is 0 Å². The Morgan fingerprint density at radius 1 is 1.39 bits per heavy atom. The van der Waals surface area contributed by atoms with Crippen LogP contribution in [-0.2, 0) is 11.3 Å². The van der Waals surface area contributed by atoms with Gasteiger partial charge in [0.15, 0.2) is 0 Å². The molecule has 0 spiro atoms. The molecule has 0 radical (unpaired) electrons. The van der Waals surface area contributed by atoms with Gasteiger partial charge < -0.3 is 11.1 Å². The number of carbonyl (C=O) groups excluding carboxylic acids is 1. The first-order valence-electron chi connectivity index (χ1n) is 6.22. The molecule has 0 aliphatic heterocycles. The summed E-state index contributed by atoms with van der Waals surface area (Å²) in [4.78, 5) is 11.6. The second-order valence-corrected chi connectivity index (χ2v) is 5.65. The van der Waals surface area contributed by atoms with Gasteiger partial charge in [0, 0.05) is 6.54 Å². The van der Waals surface area contributed by atoms with Crippen molar-refractivity contribution in [2.45, 2.75) is 20.4 Å². The number of rotatable bonds is 7. The van der Waals surface area contributed by atoms with E-state index in [-0.39, 0.29) is 5.91 Å². The number of nitrogens with one attached hydrogen (secondary N) is 1. The van der Waals surface area contributed by atoms with Gasteiger partial charge in [-0.3, -0.25) is 4.79 Å². The lowest BCUT2D eigenvalue weighted by molar-refractivity contribution is -0.118. The van der Waals surface area contributed by atoms with Crippen molar-refractivity contribution in [2.75, 3.05) is 18.1 Å². The van der Waals surface area contributed by atoms with E-state index in [2.05, 4.69) is 31.3 Å². The highest BCUT2D eigenvalue weighted by molar-refractivity contribution is 7.99. The third-order valence-electron chi connectivity index (χ3n) is 2.65. The Morgan fingerprint density at radius 2 is 2.06 bits per heavy atom. The van der Waals surface area contributed by atoms with Gasteiger partial charge in [0.25, 0.3) is 0 Å². The fraction of sp³-hybridized carbons (Fsp3) is 0.500. The van der Waals surface area contributed by atoms with Crippen LogP contribution in [0.25, 0.3) is 0 Å². The summed E-state index contributed by atoms with van der Waals surface area (Å²) in [5.41, 5.74) is 7.89. The van der Waals surface area contributed by atoms with Gasteiger partial charge in [-0.15, -0.1) is 0 Å². The summed E-state index contributed by atoms with van der Waals surface area (Å²) in [6.07, 6.45) is 0. The summed E-state index contributed by atoms with van der Waals surface area (Å²) in [6, 6.07) is 8.19. The van der Waals surface area contributed by atoms with Crippen LogP contribution in [0.5, 0.6) is 0 Å². The zero-order valence-corrected chi connectivity index (χ0v) is 11.9. The van der Waals surface area contributed by atoms with Crippen molar-refractivity contribution in [3.8, 4) is 0 Å². The number of amides is 1. The molecule has 1 amide bonds. The van der Waals surface area contributed by atoms with Crippen LogP contribution in [0, 0.1) is 12.8 Å². The number of benzene rings is 1. The van der Waals surface area contributed by atoms with E-state index >= 15 is 0 Å². The van der Waals surface area contributed by atoms with Gasteiger partial charge in [-0.25, -0.2) is 0 Å². The molecule has 100 valence electrons. The summed E-state index contributed by atoms with van der Waals surface area (Å²) < 4.78 is 0. The molecule has 1 aromatic carbocycles. The molecule has 1 aromatic rings. The standard InChI is InChI=1S/C14H22N2OS/c1-11-3-5-13(6-4-11)8-16-14(17)10-18-9-12(2)7-15/h3-6,12H,7-10,15H2,1-2H3,(H,16,17). The molecule has 4 heteroatoms. The molecule has 3 N–H and O–H groups in total. The van der Waals surface area contributed by atoms with Crippen LogP contribution >= 0.6 is 11.8 Å². The predicted molar refractivity (Wildman–Crippen MR) is 78.6 cm³/mol. The molecule has 0 aliphatic carbocycles. The molecule has 0 saturated carbocycles. The van der Waals surface area contributed by atoms with Crippen molar-refractivity contribution in [2.24, 2.45) is 11.7 Å². The fourth-order valence-corrected chi connectivity index (χ4v) is 2.32. The highest BCUT2D eigenvalue weighted by atomic mass is 32.2. The molecule has 0 heterocycles. The second-order valence-electron chi connectivity index (χ2n) is 4.62. The highest BCUT2D eigenvalue weighted by Crippen LogP contribution is 2.07. The molecule has 0 aromatic heterocycles. The van der Waals surface area contributed by atoms with Crippen LogP contribution in [0.2, 0.25) is 0 Å². The van der Waals surface area contributed by atoms with Crippen molar-refractivity contribution in [3.05, 3.63) is 35.4 Å². The van der Waals surface area contributed by atoms with Gasteiger partial charge in [-0.1, -0.05) is 36.8 Å². The Labute approximate surface area is 114 Å². The molecular weight excluding hydrogens is 244 g/mol. The Morgan fingerprint density at radius 3 is 2.67 bits per heavy atom. The van der Waals surface area contributed by atoms with E-state index in [9.17, 15) is 4.79 Å². The van der Waals surface area contributed by atoms with Gasteiger partial charge >= 0.3 is 0 Å². The van der Waals surface area contributed by atoms with E-state index in [0.717, 1.165) is 11.3 Å².